The van der Waals surface area contributed by atoms with Crippen molar-refractivity contribution in [3.63, 3.8) is 0 Å². The Morgan fingerprint density at radius 2 is 0.576 bits per heavy atom. The van der Waals surface area contributed by atoms with Crippen LogP contribution in [0.15, 0.2) is 24.3 Å². The van der Waals surface area contributed by atoms with Crippen LogP contribution in [-0.2, 0) is 28.6 Å². The minimum Gasteiger partial charge on any atom is -0.462 e. The molecular formula is C53H98O6. The normalized spacial score (nSPS) is 12.1. The first-order valence-electron chi connectivity index (χ1n) is 25.8. The molecule has 0 aliphatic heterocycles. The van der Waals surface area contributed by atoms with Crippen molar-refractivity contribution in [2.75, 3.05) is 13.2 Å². The molecule has 0 aliphatic rings. The van der Waals surface area contributed by atoms with Gasteiger partial charge >= 0.3 is 17.9 Å². The second-order valence-corrected chi connectivity index (χ2v) is 17.4. The van der Waals surface area contributed by atoms with E-state index < -0.39 is 6.10 Å². The molecule has 6 nitrogen and oxygen atoms in total. The zero-order valence-corrected chi connectivity index (χ0v) is 39.5. The van der Waals surface area contributed by atoms with Gasteiger partial charge in [0.25, 0.3) is 0 Å². The first-order chi connectivity index (χ1) is 29.0. The van der Waals surface area contributed by atoms with Gasteiger partial charge in [0.15, 0.2) is 6.10 Å². The predicted octanol–water partition coefficient (Wildman–Crippen LogP) is 16.8. The van der Waals surface area contributed by atoms with Crippen molar-refractivity contribution in [1.29, 1.82) is 0 Å². The van der Waals surface area contributed by atoms with E-state index in [2.05, 4.69) is 45.1 Å². The lowest BCUT2D eigenvalue weighted by atomic mass is 10.0. The number of hydrogen-bond donors (Lipinski definition) is 0. The Bertz CT molecular complexity index is 958. The molecule has 6 heteroatoms. The maximum Gasteiger partial charge on any atom is 0.306 e. The third kappa shape index (κ3) is 46.8. The Balaban J connectivity index is 4.34. The summed E-state index contributed by atoms with van der Waals surface area (Å²) in [5.74, 6) is -0.880. The van der Waals surface area contributed by atoms with E-state index in [-0.39, 0.29) is 31.1 Å². The smallest absolute Gasteiger partial charge is 0.306 e. The topological polar surface area (TPSA) is 78.9 Å². The lowest BCUT2D eigenvalue weighted by molar-refractivity contribution is -0.167. The summed E-state index contributed by atoms with van der Waals surface area (Å²) >= 11 is 0. The molecule has 59 heavy (non-hydrogen) atoms. The molecule has 0 aromatic rings. The molecule has 1 atom stereocenters. The number of carbonyl (C=O) groups is 3. The molecule has 0 radical (unpaired) electrons. The lowest BCUT2D eigenvalue weighted by Crippen LogP contribution is -2.30. The molecular weight excluding hydrogens is 733 g/mol. The summed E-state index contributed by atoms with van der Waals surface area (Å²) in [6.45, 7) is 6.61. The highest BCUT2D eigenvalue weighted by Crippen LogP contribution is 2.16. The molecule has 0 aromatic carbocycles. The number of allylic oxidation sites excluding steroid dienone is 4. The Morgan fingerprint density at radius 1 is 0.322 bits per heavy atom. The van der Waals surface area contributed by atoms with Crippen LogP contribution in [0.4, 0.5) is 0 Å². The molecule has 0 aliphatic carbocycles. The minimum absolute atomic E-state index is 0.0747. The molecule has 0 saturated carbocycles. The Labute approximate surface area is 366 Å². The van der Waals surface area contributed by atoms with Crippen LogP contribution >= 0.6 is 0 Å². The van der Waals surface area contributed by atoms with Gasteiger partial charge in [0.1, 0.15) is 13.2 Å². The maximum atomic E-state index is 12.8. The molecule has 0 N–H and O–H groups in total. The summed E-state index contributed by atoms with van der Waals surface area (Å²) in [7, 11) is 0. The van der Waals surface area contributed by atoms with Crippen LogP contribution in [0.25, 0.3) is 0 Å². The third-order valence-corrected chi connectivity index (χ3v) is 11.4. The fourth-order valence-corrected chi connectivity index (χ4v) is 7.48. The SMILES string of the molecule is CCCC/C=C\CCCCCCCC(=O)OCC(COC(=O)CCCCCCC/C=C\CCCCCCCC)OC(=O)CCCCCCCCCCCCCCCCC. The van der Waals surface area contributed by atoms with Crippen molar-refractivity contribution in [3.8, 4) is 0 Å². The Hall–Kier alpha value is -2.11. The first-order valence-corrected chi connectivity index (χ1v) is 25.8. The number of esters is 3. The summed E-state index contributed by atoms with van der Waals surface area (Å²) in [6, 6.07) is 0. The van der Waals surface area contributed by atoms with E-state index in [1.54, 1.807) is 0 Å². The molecule has 346 valence electrons. The molecule has 0 amide bonds. The van der Waals surface area contributed by atoms with Crippen LogP contribution in [-0.4, -0.2) is 37.2 Å². The summed E-state index contributed by atoms with van der Waals surface area (Å²) in [6.07, 6.45) is 54.4. The van der Waals surface area contributed by atoms with Crippen LogP contribution in [0.2, 0.25) is 0 Å². The van der Waals surface area contributed by atoms with Crippen molar-refractivity contribution in [3.05, 3.63) is 24.3 Å². The van der Waals surface area contributed by atoms with Crippen molar-refractivity contribution in [1.82, 2.24) is 0 Å². The quantitative estimate of drug-likeness (QED) is 0.0263. The summed E-state index contributed by atoms with van der Waals surface area (Å²) in [4.78, 5) is 37.9. The van der Waals surface area contributed by atoms with Gasteiger partial charge in [-0.15, -0.1) is 0 Å². The average Bonchev–Trinajstić information content (AvgIpc) is 3.23. The lowest BCUT2D eigenvalue weighted by Gasteiger charge is -2.18. The number of hydrogen-bond acceptors (Lipinski definition) is 6. The molecule has 0 fully saturated rings. The highest BCUT2D eigenvalue weighted by molar-refractivity contribution is 5.71. The fraction of sp³-hybridized carbons (Fsp3) is 0.868. The molecule has 0 rings (SSSR count). The summed E-state index contributed by atoms with van der Waals surface area (Å²) in [5.41, 5.74) is 0. The van der Waals surface area contributed by atoms with Crippen molar-refractivity contribution in [2.45, 2.75) is 284 Å². The van der Waals surface area contributed by atoms with Gasteiger partial charge in [0.05, 0.1) is 0 Å². The monoisotopic (exact) mass is 831 g/mol. The van der Waals surface area contributed by atoms with E-state index >= 15 is 0 Å². The van der Waals surface area contributed by atoms with Crippen LogP contribution < -0.4 is 0 Å². The molecule has 0 aromatic heterocycles. The number of ether oxygens (including phenoxy) is 3. The van der Waals surface area contributed by atoms with Crippen molar-refractivity contribution >= 4 is 17.9 Å². The van der Waals surface area contributed by atoms with Crippen LogP contribution in [0.3, 0.4) is 0 Å². The second kappa shape index (κ2) is 48.6. The molecule has 0 heterocycles. The average molecular weight is 831 g/mol. The maximum absolute atomic E-state index is 12.8. The van der Waals surface area contributed by atoms with Gasteiger partial charge in [0.2, 0.25) is 0 Å². The largest absolute Gasteiger partial charge is 0.462 e. The van der Waals surface area contributed by atoms with Crippen LogP contribution in [0.5, 0.6) is 0 Å². The van der Waals surface area contributed by atoms with Gasteiger partial charge < -0.3 is 14.2 Å². The first kappa shape index (κ1) is 56.9. The van der Waals surface area contributed by atoms with E-state index in [4.69, 9.17) is 14.2 Å². The van der Waals surface area contributed by atoms with E-state index in [9.17, 15) is 14.4 Å². The van der Waals surface area contributed by atoms with Crippen molar-refractivity contribution < 1.29 is 28.6 Å². The Morgan fingerprint density at radius 3 is 0.898 bits per heavy atom. The number of unbranched alkanes of at least 4 members (excludes halogenated alkanes) is 32. The standard InChI is InChI=1S/C53H98O6/c1-4-7-10-13-16-19-22-24-26-28-31-34-37-40-43-46-52(55)58-49-50(48-57-51(54)45-42-39-36-33-30-21-18-15-12-9-6-3)59-53(56)47-44-41-38-35-32-29-27-25-23-20-17-14-11-8-5-2/h15,18,24,26,50H,4-14,16-17,19-23,25,27-49H2,1-3H3/b18-15-,26-24-. The number of rotatable bonds is 47. The fourth-order valence-electron chi connectivity index (χ4n) is 7.48. The molecule has 0 bridgehead atoms. The number of carbonyl (C=O) groups excluding carboxylic acids is 3. The Kier molecular flexibility index (Phi) is 46.8. The highest BCUT2D eigenvalue weighted by atomic mass is 16.6. The molecule has 1 unspecified atom stereocenters. The van der Waals surface area contributed by atoms with Gasteiger partial charge in [-0.05, 0) is 64.2 Å². The predicted molar refractivity (Wildman–Crippen MR) is 252 cm³/mol. The van der Waals surface area contributed by atoms with E-state index in [0.29, 0.717) is 19.3 Å². The third-order valence-electron chi connectivity index (χ3n) is 11.4. The van der Waals surface area contributed by atoms with Gasteiger partial charge in [-0.2, -0.15) is 0 Å². The van der Waals surface area contributed by atoms with E-state index in [1.165, 1.54) is 167 Å². The van der Waals surface area contributed by atoms with Crippen LogP contribution in [0, 0.1) is 0 Å². The van der Waals surface area contributed by atoms with Crippen LogP contribution in [0.1, 0.15) is 278 Å². The zero-order valence-electron chi connectivity index (χ0n) is 39.5. The van der Waals surface area contributed by atoms with Crippen molar-refractivity contribution in [2.24, 2.45) is 0 Å². The highest BCUT2D eigenvalue weighted by Gasteiger charge is 2.19. The van der Waals surface area contributed by atoms with Gasteiger partial charge in [-0.25, -0.2) is 0 Å². The second-order valence-electron chi connectivity index (χ2n) is 17.4. The summed E-state index contributed by atoms with van der Waals surface area (Å²) in [5, 5.41) is 0. The van der Waals surface area contributed by atoms with E-state index in [1.807, 2.05) is 0 Å². The van der Waals surface area contributed by atoms with Gasteiger partial charge in [-0.1, -0.05) is 218 Å². The zero-order chi connectivity index (χ0) is 43.0. The molecule has 0 spiro atoms. The van der Waals surface area contributed by atoms with E-state index in [0.717, 1.165) is 70.6 Å². The summed E-state index contributed by atoms with van der Waals surface area (Å²) < 4.78 is 16.8. The molecule has 0 saturated heterocycles. The van der Waals surface area contributed by atoms with Gasteiger partial charge in [0, 0.05) is 19.3 Å². The van der Waals surface area contributed by atoms with Gasteiger partial charge in [-0.3, -0.25) is 14.4 Å². The minimum atomic E-state index is -0.772.